The van der Waals surface area contributed by atoms with Crippen LogP contribution in [0.25, 0.3) is 0 Å². The van der Waals surface area contributed by atoms with E-state index in [1.165, 1.54) is 48.8 Å². The summed E-state index contributed by atoms with van der Waals surface area (Å²) in [4.78, 5) is 0. The van der Waals surface area contributed by atoms with Gasteiger partial charge in [0.15, 0.2) is 0 Å². The van der Waals surface area contributed by atoms with Crippen LogP contribution in [0.2, 0.25) is 0 Å². The molecule has 1 aromatic carbocycles. The van der Waals surface area contributed by atoms with Crippen LogP contribution in [0.1, 0.15) is 30.4 Å². The predicted molar refractivity (Wildman–Crippen MR) is 68.4 cm³/mol. The molecular weight excluding hydrogens is 192 g/mol. The quantitative estimate of drug-likeness (QED) is 0.605. The lowest BCUT2D eigenvalue weighted by Crippen LogP contribution is -2.04. The van der Waals surface area contributed by atoms with Crippen LogP contribution >= 0.6 is 0 Å². The average Bonchev–Trinajstić information content (AvgIpc) is 2.33. The largest absolute Gasteiger partial charge is 0.0808 e. The van der Waals surface area contributed by atoms with Gasteiger partial charge >= 0.3 is 0 Å². The van der Waals surface area contributed by atoms with Crippen molar-refractivity contribution >= 4 is 0 Å². The molecule has 16 heavy (non-hydrogen) atoms. The summed E-state index contributed by atoms with van der Waals surface area (Å²) in [5.74, 6) is 0.767. The third-order valence-electron chi connectivity index (χ3n) is 3.79. The van der Waals surface area contributed by atoms with Gasteiger partial charge in [0.2, 0.25) is 0 Å². The predicted octanol–water partition coefficient (Wildman–Crippen LogP) is 4.07. The number of aryl methyl sites for hydroxylation is 2. The average molecular weight is 210 g/mol. The third-order valence-corrected chi connectivity index (χ3v) is 3.79. The first kappa shape index (κ1) is 9.89. The SMILES string of the molecule is C1=CC2CC=C1CCc1ccc(cc1)CC2. The van der Waals surface area contributed by atoms with Gasteiger partial charge in [-0.25, -0.2) is 0 Å². The monoisotopic (exact) mass is 210 g/mol. The van der Waals surface area contributed by atoms with E-state index in [1.54, 1.807) is 0 Å². The Labute approximate surface area is 97.7 Å². The Kier molecular flexibility index (Phi) is 2.65. The molecule has 0 saturated heterocycles. The maximum atomic E-state index is 2.44. The Morgan fingerprint density at radius 3 is 2.31 bits per heavy atom. The van der Waals surface area contributed by atoms with E-state index >= 15 is 0 Å². The molecule has 0 aromatic heterocycles. The van der Waals surface area contributed by atoms with Crippen molar-refractivity contribution in [2.45, 2.75) is 32.1 Å². The van der Waals surface area contributed by atoms with Gasteiger partial charge in [0.25, 0.3) is 0 Å². The molecule has 0 radical (unpaired) electrons. The molecular formula is C16H18. The Morgan fingerprint density at radius 2 is 1.62 bits per heavy atom. The molecule has 1 atom stereocenters. The first-order valence-electron chi connectivity index (χ1n) is 6.35. The van der Waals surface area contributed by atoms with Crippen LogP contribution in [0.3, 0.4) is 0 Å². The second kappa shape index (κ2) is 4.29. The van der Waals surface area contributed by atoms with Gasteiger partial charge < -0.3 is 0 Å². The summed E-state index contributed by atoms with van der Waals surface area (Å²) in [5.41, 5.74) is 4.49. The van der Waals surface area contributed by atoms with Gasteiger partial charge in [-0.1, -0.05) is 48.1 Å². The molecule has 0 N–H and O–H groups in total. The fraction of sp³-hybridized carbons (Fsp3) is 0.375. The van der Waals surface area contributed by atoms with Gasteiger partial charge in [-0.15, -0.1) is 0 Å². The standard InChI is InChI=1S/C16H18/c1-2-14-4-3-13(1)9-10-15-5-7-16(8-6-15)12-11-14/h1-7,16H,8-12H2. The van der Waals surface area contributed by atoms with E-state index in [1.807, 2.05) is 0 Å². The highest BCUT2D eigenvalue weighted by molar-refractivity contribution is 5.28. The van der Waals surface area contributed by atoms with Crippen LogP contribution < -0.4 is 0 Å². The van der Waals surface area contributed by atoms with Crippen LogP contribution in [-0.2, 0) is 12.8 Å². The zero-order chi connectivity index (χ0) is 10.8. The molecule has 0 heteroatoms. The van der Waals surface area contributed by atoms with Crippen molar-refractivity contribution in [2.24, 2.45) is 5.92 Å². The second-order valence-electron chi connectivity index (χ2n) is 4.99. The molecule has 0 saturated carbocycles. The van der Waals surface area contributed by atoms with Gasteiger partial charge in [-0.05, 0) is 49.1 Å². The molecule has 5 aliphatic carbocycles. The lowest BCUT2D eigenvalue weighted by Gasteiger charge is -2.17. The molecule has 0 aliphatic heterocycles. The Hall–Kier alpha value is -1.30. The number of benzene rings is 1. The first-order chi connectivity index (χ1) is 7.90. The van der Waals surface area contributed by atoms with Crippen molar-refractivity contribution in [3.8, 4) is 0 Å². The Morgan fingerprint density at radius 1 is 0.875 bits per heavy atom. The maximum absolute atomic E-state index is 2.44. The van der Waals surface area contributed by atoms with Gasteiger partial charge in [0, 0.05) is 0 Å². The molecule has 0 spiro atoms. The van der Waals surface area contributed by atoms with Gasteiger partial charge in [-0.3, -0.25) is 0 Å². The van der Waals surface area contributed by atoms with Gasteiger partial charge in [0.1, 0.15) is 0 Å². The number of rotatable bonds is 0. The number of hydrogen-bond acceptors (Lipinski definition) is 0. The smallest absolute Gasteiger partial charge is 0.0192 e. The van der Waals surface area contributed by atoms with E-state index < -0.39 is 0 Å². The lowest BCUT2D eigenvalue weighted by molar-refractivity contribution is 0.589. The lowest BCUT2D eigenvalue weighted by atomic mass is 9.88. The van der Waals surface area contributed by atoms with Crippen molar-refractivity contribution in [3.05, 3.63) is 59.2 Å². The minimum Gasteiger partial charge on any atom is -0.0808 e. The summed E-state index contributed by atoms with van der Waals surface area (Å²) >= 11 is 0. The minimum atomic E-state index is 0.767. The van der Waals surface area contributed by atoms with Crippen LogP contribution in [0.15, 0.2) is 48.1 Å². The van der Waals surface area contributed by atoms with E-state index in [9.17, 15) is 0 Å². The van der Waals surface area contributed by atoms with Crippen LogP contribution in [0, 0.1) is 5.92 Å². The normalized spacial score (nSPS) is 23.8. The number of hydrogen-bond donors (Lipinski definition) is 0. The van der Waals surface area contributed by atoms with E-state index in [4.69, 9.17) is 0 Å². The van der Waals surface area contributed by atoms with Crippen molar-refractivity contribution in [2.75, 3.05) is 0 Å². The minimum absolute atomic E-state index is 0.767. The van der Waals surface area contributed by atoms with Crippen LogP contribution in [0.5, 0.6) is 0 Å². The highest BCUT2D eigenvalue weighted by Gasteiger charge is 2.10. The highest BCUT2D eigenvalue weighted by atomic mass is 14.2. The molecule has 6 rings (SSSR count). The molecule has 0 amide bonds. The van der Waals surface area contributed by atoms with E-state index in [0.29, 0.717) is 0 Å². The summed E-state index contributed by atoms with van der Waals surface area (Å²) in [5, 5.41) is 0. The van der Waals surface area contributed by atoms with Crippen molar-refractivity contribution in [1.82, 2.24) is 0 Å². The summed E-state index contributed by atoms with van der Waals surface area (Å²) in [6.07, 6.45) is 13.4. The maximum Gasteiger partial charge on any atom is -0.0192 e. The first-order valence-corrected chi connectivity index (χ1v) is 6.35. The van der Waals surface area contributed by atoms with Gasteiger partial charge in [-0.2, -0.15) is 0 Å². The molecule has 0 nitrogen and oxygen atoms in total. The van der Waals surface area contributed by atoms with Crippen molar-refractivity contribution in [3.63, 3.8) is 0 Å². The van der Waals surface area contributed by atoms with Gasteiger partial charge in [0.05, 0.1) is 0 Å². The molecule has 0 fully saturated rings. The Bertz CT molecular complexity index is 420. The van der Waals surface area contributed by atoms with E-state index in [2.05, 4.69) is 42.5 Å². The topological polar surface area (TPSA) is 0 Å². The fourth-order valence-electron chi connectivity index (χ4n) is 2.62. The summed E-state index contributed by atoms with van der Waals surface area (Å²) in [6, 6.07) is 9.22. The van der Waals surface area contributed by atoms with Crippen LogP contribution in [0.4, 0.5) is 0 Å². The third kappa shape index (κ3) is 2.11. The summed E-state index contributed by atoms with van der Waals surface area (Å²) in [7, 11) is 0. The zero-order valence-corrected chi connectivity index (χ0v) is 9.65. The zero-order valence-electron chi connectivity index (χ0n) is 9.65. The number of allylic oxidation sites excluding steroid dienone is 4. The fourth-order valence-corrected chi connectivity index (χ4v) is 2.62. The molecule has 1 unspecified atom stereocenters. The van der Waals surface area contributed by atoms with Crippen molar-refractivity contribution in [1.29, 1.82) is 0 Å². The summed E-state index contributed by atoms with van der Waals surface area (Å²) < 4.78 is 0. The summed E-state index contributed by atoms with van der Waals surface area (Å²) in [6.45, 7) is 0. The Balaban J connectivity index is 1.89. The van der Waals surface area contributed by atoms with Crippen molar-refractivity contribution < 1.29 is 0 Å². The van der Waals surface area contributed by atoms with E-state index in [-0.39, 0.29) is 0 Å². The van der Waals surface area contributed by atoms with Crippen LogP contribution in [-0.4, -0.2) is 0 Å². The molecule has 4 bridgehead atoms. The second-order valence-corrected chi connectivity index (χ2v) is 4.99. The molecule has 5 aliphatic rings. The molecule has 1 aromatic rings. The molecule has 0 heterocycles. The highest BCUT2D eigenvalue weighted by Crippen LogP contribution is 2.25. The van der Waals surface area contributed by atoms with E-state index in [0.717, 1.165) is 5.92 Å². The molecule has 82 valence electrons.